The Labute approximate surface area is 160 Å². The highest BCUT2D eigenvalue weighted by Gasteiger charge is 2.37. The van der Waals surface area contributed by atoms with Crippen LogP contribution in [-0.2, 0) is 4.79 Å². The molecule has 0 amide bonds. The van der Waals surface area contributed by atoms with Crippen LogP contribution < -0.4 is 0 Å². The number of aliphatic hydroxyl groups excluding tert-OH is 1. The fraction of sp³-hybridized carbons (Fsp3) is 0.783. The van der Waals surface area contributed by atoms with Gasteiger partial charge in [-0.15, -0.1) is 0 Å². The number of aliphatic hydroxyl groups is 2. The largest absolute Gasteiger partial charge is 0.386 e. The van der Waals surface area contributed by atoms with E-state index >= 15 is 0 Å². The zero-order valence-corrected chi connectivity index (χ0v) is 16.8. The van der Waals surface area contributed by atoms with E-state index in [-0.39, 0.29) is 12.2 Å². The second-order valence-corrected chi connectivity index (χ2v) is 7.86. The van der Waals surface area contributed by atoms with E-state index in [0.29, 0.717) is 6.42 Å². The highest BCUT2D eigenvalue weighted by molar-refractivity contribution is 5.91. The predicted octanol–water partition coefficient (Wildman–Crippen LogP) is 5.64. The van der Waals surface area contributed by atoms with Gasteiger partial charge in [0.05, 0.1) is 0 Å². The lowest BCUT2D eigenvalue weighted by Gasteiger charge is -2.33. The molecule has 3 nitrogen and oxygen atoms in total. The minimum absolute atomic E-state index is 0.0551. The molecule has 0 radical (unpaired) electrons. The molecule has 3 heteroatoms. The Bertz CT molecular complexity index is 427. The number of ketones is 1. The summed E-state index contributed by atoms with van der Waals surface area (Å²) in [5.74, 6) is -0.0878. The van der Waals surface area contributed by atoms with E-state index in [4.69, 9.17) is 0 Å². The maximum atomic E-state index is 11.4. The Morgan fingerprint density at radius 1 is 0.962 bits per heavy atom. The third-order valence-electron chi connectivity index (χ3n) is 5.38. The molecule has 0 saturated carbocycles. The molecule has 26 heavy (non-hydrogen) atoms. The van der Waals surface area contributed by atoms with Gasteiger partial charge in [-0.05, 0) is 37.8 Å². The van der Waals surface area contributed by atoms with Crippen LogP contribution in [0.2, 0.25) is 0 Å². The number of hydrogen-bond acceptors (Lipinski definition) is 3. The molecule has 150 valence electrons. The van der Waals surface area contributed by atoms with Crippen LogP contribution in [0.1, 0.15) is 103 Å². The summed E-state index contributed by atoms with van der Waals surface area (Å²) in [6, 6.07) is 0. The van der Waals surface area contributed by atoms with Crippen molar-refractivity contribution in [3.05, 3.63) is 24.3 Å². The highest BCUT2D eigenvalue weighted by atomic mass is 16.3. The zero-order chi connectivity index (χ0) is 19.1. The normalized spacial score (nSPS) is 23.2. The fourth-order valence-electron chi connectivity index (χ4n) is 3.65. The first-order valence-electron chi connectivity index (χ1n) is 10.8. The lowest BCUT2D eigenvalue weighted by Crippen LogP contribution is -2.45. The van der Waals surface area contributed by atoms with E-state index in [2.05, 4.69) is 19.1 Å². The average molecular weight is 365 g/mol. The summed E-state index contributed by atoms with van der Waals surface area (Å²) in [4.78, 5) is 11.4. The molecule has 2 atom stereocenters. The smallest absolute Gasteiger partial charge is 0.158 e. The zero-order valence-electron chi connectivity index (χ0n) is 16.8. The monoisotopic (exact) mass is 364 g/mol. The van der Waals surface area contributed by atoms with Gasteiger partial charge in [0, 0.05) is 6.42 Å². The van der Waals surface area contributed by atoms with E-state index in [1.165, 1.54) is 76.4 Å². The minimum atomic E-state index is -1.24. The van der Waals surface area contributed by atoms with Crippen molar-refractivity contribution < 1.29 is 15.0 Å². The molecule has 2 N–H and O–H groups in total. The van der Waals surface area contributed by atoms with Crippen LogP contribution in [0.3, 0.4) is 0 Å². The summed E-state index contributed by atoms with van der Waals surface area (Å²) in [5, 5.41) is 20.3. The van der Waals surface area contributed by atoms with Gasteiger partial charge in [0.1, 0.15) is 11.7 Å². The Balaban J connectivity index is 1.87. The predicted molar refractivity (Wildman–Crippen MR) is 109 cm³/mol. The number of unbranched alkanes of at least 4 members (excludes halogenated alkanes) is 11. The maximum absolute atomic E-state index is 11.4. The average Bonchev–Trinajstić information content (AvgIpc) is 2.62. The van der Waals surface area contributed by atoms with Crippen molar-refractivity contribution in [3.63, 3.8) is 0 Å². The highest BCUT2D eigenvalue weighted by Crippen LogP contribution is 2.28. The number of hydrogen-bond donors (Lipinski definition) is 2. The van der Waals surface area contributed by atoms with Crippen LogP contribution in [0, 0.1) is 0 Å². The number of allylic oxidation sites excluding steroid dienone is 3. The molecule has 0 aromatic rings. The summed E-state index contributed by atoms with van der Waals surface area (Å²) in [5.41, 5.74) is -1.24. The SMILES string of the molecule is CC/C=C/CCCCCCCCCCCCC[C@]1(O)CC(=O)C=C[C@H]1O. The van der Waals surface area contributed by atoms with Gasteiger partial charge in [-0.2, -0.15) is 0 Å². The number of carbonyl (C=O) groups excluding carboxylic acids is 1. The number of rotatable bonds is 15. The molecule has 0 saturated heterocycles. The van der Waals surface area contributed by atoms with Crippen molar-refractivity contribution in [1.29, 1.82) is 0 Å². The van der Waals surface area contributed by atoms with Crippen LogP contribution in [0.5, 0.6) is 0 Å². The Hall–Kier alpha value is -0.930. The van der Waals surface area contributed by atoms with E-state index < -0.39 is 11.7 Å². The first-order valence-corrected chi connectivity index (χ1v) is 10.8. The molecule has 0 spiro atoms. The molecule has 0 unspecified atom stereocenters. The van der Waals surface area contributed by atoms with Gasteiger partial charge in [-0.1, -0.05) is 83.3 Å². The fourth-order valence-corrected chi connectivity index (χ4v) is 3.65. The summed E-state index contributed by atoms with van der Waals surface area (Å²) >= 11 is 0. The lowest BCUT2D eigenvalue weighted by molar-refractivity contribution is -0.127. The molecular weight excluding hydrogens is 324 g/mol. The van der Waals surface area contributed by atoms with Crippen molar-refractivity contribution in [2.75, 3.05) is 0 Å². The Morgan fingerprint density at radius 3 is 2.08 bits per heavy atom. The third-order valence-corrected chi connectivity index (χ3v) is 5.38. The first kappa shape index (κ1) is 23.1. The van der Waals surface area contributed by atoms with Gasteiger partial charge in [-0.3, -0.25) is 4.79 Å². The van der Waals surface area contributed by atoms with Crippen LogP contribution in [0.25, 0.3) is 0 Å². The summed E-state index contributed by atoms with van der Waals surface area (Å²) in [7, 11) is 0. The van der Waals surface area contributed by atoms with Crippen molar-refractivity contribution in [3.8, 4) is 0 Å². The van der Waals surface area contributed by atoms with Gasteiger partial charge in [-0.25, -0.2) is 0 Å². The van der Waals surface area contributed by atoms with Gasteiger partial charge in [0.25, 0.3) is 0 Å². The van der Waals surface area contributed by atoms with E-state index in [1.54, 1.807) is 0 Å². The van der Waals surface area contributed by atoms with Crippen molar-refractivity contribution in [1.82, 2.24) is 0 Å². The van der Waals surface area contributed by atoms with Gasteiger partial charge >= 0.3 is 0 Å². The molecule has 0 aromatic heterocycles. The summed E-state index contributed by atoms with van der Waals surface area (Å²) < 4.78 is 0. The quantitative estimate of drug-likeness (QED) is 0.292. The van der Waals surface area contributed by atoms with Crippen LogP contribution in [0.4, 0.5) is 0 Å². The Morgan fingerprint density at radius 2 is 1.50 bits per heavy atom. The second-order valence-electron chi connectivity index (χ2n) is 7.86. The van der Waals surface area contributed by atoms with E-state index in [9.17, 15) is 15.0 Å². The minimum Gasteiger partial charge on any atom is -0.386 e. The van der Waals surface area contributed by atoms with Crippen molar-refractivity contribution >= 4 is 5.78 Å². The van der Waals surface area contributed by atoms with E-state index in [1.807, 2.05) is 0 Å². The summed E-state index contributed by atoms with van der Waals surface area (Å²) in [6.07, 6.45) is 23.2. The van der Waals surface area contributed by atoms with Crippen molar-refractivity contribution in [2.45, 2.75) is 115 Å². The maximum Gasteiger partial charge on any atom is 0.158 e. The van der Waals surface area contributed by atoms with E-state index in [0.717, 1.165) is 19.3 Å². The van der Waals surface area contributed by atoms with Crippen LogP contribution >= 0.6 is 0 Å². The lowest BCUT2D eigenvalue weighted by atomic mass is 9.82. The molecule has 0 bridgehead atoms. The third kappa shape index (κ3) is 10.3. The molecule has 0 aliphatic heterocycles. The molecule has 0 fully saturated rings. The van der Waals surface area contributed by atoms with Gasteiger partial charge < -0.3 is 10.2 Å². The van der Waals surface area contributed by atoms with Gasteiger partial charge in [0.15, 0.2) is 5.78 Å². The molecule has 0 heterocycles. The second kappa shape index (κ2) is 14.2. The van der Waals surface area contributed by atoms with Crippen LogP contribution in [-0.4, -0.2) is 27.7 Å². The van der Waals surface area contributed by atoms with Crippen LogP contribution in [0.15, 0.2) is 24.3 Å². The molecular formula is C23H40O3. The molecule has 1 aliphatic carbocycles. The summed E-state index contributed by atoms with van der Waals surface area (Å²) in [6.45, 7) is 2.18. The topological polar surface area (TPSA) is 57.5 Å². The van der Waals surface area contributed by atoms with Gasteiger partial charge in [0.2, 0.25) is 0 Å². The Kier molecular flexibility index (Phi) is 12.6. The van der Waals surface area contributed by atoms with Crippen molar-refractivity contribution in [2.24, 2.45) is 0 Å². The first-order chi connectivity index (χ1) is 12.6. The number of carbonyl (C=O) groups is 1. The molecule has 1 rings (SSSR count). The molecule has 0 aromatic carbocycles. The standard InChI is InChI=1S/C23H40O3/c1-2-3-4-5-6-7-8-9-10-11-12-13-14-15-16-19-23(26)20-21(24)17-18-22(23)25/h3-4,17-18,22,25-26H,2,5-16,19-20H2,1H3/b4-3+/t22-,23+/m1/s1. The molecule has 1 aliphatic rings.